The van der Waals surface area contributed by atoms with E-state index in [9.17, 15) is 9.59 Å². The van der Waals surface area contributed by atoms with Crippen molar-refractivity contribution in [1.82, 2.24) is 5.32 Å². The molecule has 0 aromatic heterocycles. The van der Waals surface area contributed by atoms with Gasteiger partial charge in [0.05, 0.1) is 6.54 Å². The molecule has 0 unspecified atom stereocenters. The van der Waals surface area contributed by atoms with Crippen molar-refractivity contribution in [1.29, 1.82) is 0 Å². The number of carbonyl (C=O) groups excluding carboxylic acids is 2. The van der Waals surface area contributed by atoms with Crippen molar-refractivity contribution in [2.24, 2.45) is 11.5 Å². The molecule has 6 heteroatoms. The zero-order valence-electron chi connectivity index (χ0n) is 17.1. The molecular weight excluding hydrogens is 390 g/mol. The highest BCUT2D eigenvalue weighted by Crippen LogP contribution is 2.48. The van der Waals surface area contributed by atoms with Crippen LogP contribution in [0.25, 0.3) is 11.1 Å². The highest BCUT2D eigenvalue weighted by Gasteiger charge is 2.40. The van der Waals surface area contributed by atoms with E-state index < -0.39 is 5.91 Å². The Labute approximate surface area is 181 Å². The average Bonchev–Trinajstić information content (AvgIpc) is 3.56. The average molecular weight is 415 g/mol. The number of nitrogens with one attached hydrogen (secondary N) is 1. The first-order chi connectivity index (χ1) is 15.0. The van der Waals surface area contributed by atoms with Crippen LogP contribution in [0.5, 0.6) is 5.75 Å². The molecular formula is C25H25N3O3. The topological polar surface area (TPSA) is 107 Å². The lowest BCUT2D eigenvalue weighted by Crippen LogP contribution is -2.30. The number of hydrogen-bond acceptors (Lipinski definition) is 4. The lowest BCUT2D eigenvalue weighted by molar-refractivity contribution is -0.117. The van der Waals surface area contributed by atoms with E-state index in [2.05, 4.69) is 11.4 Å². The van der Waals surface area contributed by atoms with Crippen LogP contribution < -0.4 is 21.5 Å². The van der Waals surface area contributed by atoms with E-state index in [0.29, 0.717) is 12.2 Å². The van der Waals surface area contributed by atoms with Gasteiger partial charge in [-0.05, 0) is 35.2 Å². The largest absolute Gasteiger partial charge is 0.488 e. The Morgan fingerprint density at radius 2 is 1.74 bits per heavy atom. The molecule has 0 spiro atoms. The summed E-state index contributed by atoms with van der Waals surface area (Å²) in [4.78, 5) is 22.8. The summed E-state index contributed by atoms with van der Waals surface area (Å²) >= 11 is 0. The lowest BCUT2D eigenvalue weighted by atomic mass is 9.97. The van der Waals surface area contributed by atoms with Gasteiger partial charge in [0.25, 0.3) is 0 Å². The maximum atomic E-state index is 11.7. The van der Waals surface area contributed by atoms with Gasteiger partial charge in [-0.25, -0.2) is 0 Å². The molecule has 0 heterocycles. The fraction of sp³-hybridized carbons (Fsp3) is 0.200. The number of amides is 2. The molecule has 2 atom stereocenters. The van der Waals surface area contributed by atoms with Crippen molar-refractivity contribution in [2.75, 3.05) is 6.54 Å². The van der Waals surface area contributed by atoms with E-state index >= 15 is 0 Å². The third-order valence-corrected chi connectivity index (χ3v) is 5.46. The zero-order chi connectivity index (χ0) is 21.8. The standard InChI is InChI=1S/C25H25N3O3/c26-23(29)14-28-22-13-21(22)20-11-5-10-19(17-8-4-9-18(12-17)25(27)30)24(20)31-15-16-6-2-1-3-7-16/h1-12,21-22,28H,13-15H2,(H2,26,29)(H2,27,30)/t21-,22+/m0/s1. The summed E-state index contributed by atoms with van der Waals surface area (Å²) in [7, 11) is 0. The number of ether oxygens (including phenoxy) is 1. The van der Waals surface area contributed by atoms with Crippen LogP contribution in [0, 0.1) is 0 Å². The molecule has 1 aliphatic rings. The Hall–Kier alpha value is -3.64. The predicted molar refractivity (Wildman–Crippen MR) is 120 cm³/mol. The van der Waals surface area contributed by atoms with Gasteiger partial charge in [-0.3, -0.25) is 9.59 Å². The molecule has 2 amide bonds. The Balaban J connectivity index is 1.68. The van der Waals surface area contributed by atoms with Crippen LogP contribution >= 0.6 is 0 Å². The van der Waals surface area contributed by atoms with Crippen LogP contribution in [0.15, 0.2) is 72.8 Å². The number of nitrogens with two attached hydrogens (primary N) is 2. The minimum Gasteiger partial charge on any atom is -0.488 e. The SMILES string of the molecule is NC(=O)CN[C@@H]1C[C@H]1c1cccc(-c2cccc(C(N)=O)c2)c1OCc1ccccc1. The Morgan fingerprint density at radius 3 is 2.48 bits per heavy atom. The second kappa shape index (κ2) is 9.02. The molecule has 158 valence electrons. The number of carbonyl (C=O) groups is 2. The van der Waals surface area contributed by atoms with E-state index in [-0.39, 0.29) is 24.4 Å². The Morgan fingerprint density at radius 1 is 0.968 bits per heavy atom. The first-order valence-corrected chi connectivity index (χ1v) is 10.2. The maximum Gasteiger partial charge on any atom is 0.248 e. The summed E-state index contributed by atoms with van der Waals surface area (Å²) in [5, 5.41) is 3.20. The molecule has 6 nitrogen and oxygen atoms in total. The van der Waals surface area contributed by atoms with Crippen LogP contribution in [-0.4, -0.2) is 24.4 Å². The highest BCUT2D eigenvalue weighted by atomic mass is 16.5. The van der Waals surface area contributed by atoms with Gasteiger partial charge in [-0.15, -0.1) is 0 Å². The molecule has 3 aromatic carbocycles. The second-order valence-corrected chi connectivity index (χ2v) is 7.74. The van der Waals surface area contributed by atoms with Crippen molar-refractivity contribution in [3.05, 3.63) is 89.5 Å². The number of primary amides is 2. The second-order valence-electron chi connectivity index (χ2n) is 7.74. The fourth-order valence-corrected chi connectivity index (χ4v) is 3.80. The molecule has 0 radical (unpaired) electrons. The Kier molecular flexibility index (Phi) is 6.00. The van der Waals surface area contributed by atoms with Gasteiger partial charge in [0.2, 0.25) is 11.8 Å². The summed E-state index contributed by atoms with van der Waals surface area (Å²) in [6, 6.07) is 23.4. The first kappa shape index (κ1) is 20.6. The van der Waals surface area contributed by atoms with Gasteiger partial charge in [-0.2, -0.15) is 0 Å². The quantitative estimate of drug-likeness (QED) is 0.499. The van der Waals surface area contributed by atoms with Gasteiger partial charge in [0.15, 0.2) is 0 Å². The maximum absolute atomic E-state index is 11.7. The van der Waals surface area contributed by atoms with E-state index in [4.69, 9.17) is 16.2 Å². The van der Waals surface area contributed by atoms with Crippen LogP contribution in [0.1, 0.15) is 33.8 Å². The summed E-state index contributed by atoms with van der Waals surface area (Å²) in [5.41, 5.74) is 15.1. The summed E-state index contributed by atoms with van der Waals surface area (Å²) in [5.74, 6) is 0.164. The van der Waals surface area contributed by atoms with E-state index in [1.54, 1.807) is 12.1 Å². The fourth-order valence-electron chi connectivity index (χ4n) is 3.80. The van der Waals surface area contributed by atoms with Crippen molar-refractivity contribution < 1.29 is 14.3 Å². The van der Waals surface area contributed by atoms with Gasteiger partial charge < -0.3 is 21.5 Å². The normalized spacial score (nSPS) is 17.2. The third-order valence-electron chi connectivity index (χ3n) is 5.46. The highest BCUT2D eigenvalue weighted by molar-refractivity contribution is 5.94. The van der Waals surface area contributed by atoms with E-state index in [0.717, 1.165) is 34.4 Å². The summed E-state index contributed by atoms with van der Waals surface area (Å²) in [6.07, 6.45) is 0.903. The van der Waals surface area contributed by atoms with Gasteiger partial charge in [0.1, 0.15) is 12.4 Å². The molecule has 4 rings (SSSR count). The summed E-state index contributed by atoms with van der Waals surface area (Å²) < 4.78 is 6.35. The lowest BCUT2D eigenvalue weighted by Gasteiger charge is -2.17. The molecule has 1 aliphatic carbocycles. The van der Waals surface area contributed by atoms with E-state index in [1.165, 1.54) is 0 Å². The molecule has 0 aliphatic heterocycles. The predicted octanol–water partition coefficient (Wildman–Crippen LogP) is 2.96. The summed E-state index contributed by atoms with van der Waals surface area (Å²) in [6.45, 7) is 0.578. The van der Waals surface area contributed by atoms with Crippen molar-refractivity contribution in [3.63, 3.8) is 0 Å². The Bertz CT molecular complexity index is 1100. The smallest absolute Gasteiger partial charge is 0.248 e. The van der Waals surface area contributed by atoms with Crippen LogP contribution in [-0.2, 0) is 11.4 Å². The van der Waals surface area contributed by atoms with E-state index in [1.807, 2.05) is 54.6 Å². The molecule has 0 saturated heterocycles. The number of rotatable bonds is 9. The zero-order valence-corrected chi connectivity index (χ0v) is 17.1. The number of hydrogen-bond donors (Lipinski definition) is 3. The van der Waals surface area contributed by atoms with Crippen LogP contribution in [0.4, 0.5) is 0 Å². The molecule has 0 bridgehead atoms. The van der Waals surface area contributed by atoms with Gasteiger partial charge in [-0.1, -0.05) is 60.7 Å². The molecule has 1 fully saturated rings. The minimum absolute atomic E-state index is 0.154. The molecule has 5 N–H and O–H groups in total. The molecule has 31 heavy (non-hydrogen) atoms. The van der Waals surface area contributed by atoms with Crippen LogP contribution in [0.3, 0.4) is 0 Å². The number of benzene rings is 3. The van der Waals surface area contributed by atoms with Gasteiger partial charge in [0, 0.05) is 23.1 Å². The first-order valence-electron chi connectivity index (χ1n) is 10.2. The molecule has 3 aromatic rings. The minimum atomic E-state index is -0.470. The van der Waals surface area contributed by atoms with Crippen LogP contribution in [0.2, 0.25) is 0 Å². The van der Waals surface area contributed by atoms with Crippen molar-refractivity contribution in [3.8, 4) is 16.9 Å². The number of para-hydroxylation sites is 1. The van der Waals surface area contributed by atoms with Crippen molar-refractivity contribution >= 4 is 11.8 Å². The third kappa shape index (κ3) is 4.92. The van der Waals surface area contributed by atoms with Gasteiger partial charge >= 0.3 is 0 Å². The van der Waals surface area contributed by atoms with Crippen molar-refractivity contribution in [2.45, 2.75) is 25.0 Å². The molecule has 1 saturated carbocycles. The monoisotopic (exact) mass is 415 g/mol.